The maximum absolute atomic E-state index is 15.4. The Morgan fingerprint density at radius 3 is 1.39 bits per heavy atom. The summed E-state index contributed by atoms with van der Waals surface area (Å²) in [4.78, 5) is 185. The lowest BCUT2D eigenvalue weighted by Crippen LogP contribution is -2.64. The van der Waals surface area contributed by atoms with E-state index in [1.165, 1.54) is 82.8 Å². The van der Waals surface area contributed by atoms with Crippen LogP contribution in [0.1, 0.15) is 177 Å². The number of carbonyl (C=O) groups excluding carboxylic acids is 12. The molecule has 1 heterocycles. The van der Waals surface area contributed by atoms with Crippen LogP contribution in [-0.2, 0) is 62.2 Å². The molecular formula is C69H124N12O15. The van der Waals surface area contributed by atoms with Gasteiger partial charge in [-0.1, -0.05) is 109 Å². The maximum atomic E-state index is 15.4. The number of nitrogens with zero attached hydrogens (tertiary/aromatic N) is 7. The van der Waals surface area contributed by atoms with Gasteiger partial charge >= 0.3 is 6.09 Å². The number of alkyl carbamates (subject to hydrolysis) is 1. The second-order valence-corrected chi connectivity index (χ2v) is 29.4. The van der Waals surface area contributed by atoms with Gasteiger partial charge in [0.05, 0.1) is 12.7 Å². The first kappa shape index (κ1) is 87.1. The van der Waals surface area contributed by atoms with Crippen LogP contribution in [0.25, 0.3) is 0 Å². The van der Waals surface area contributed by atoms with Crippen LogP contribution in [0.4, 0.5) is 4.79 Å². The summed E-state index contributed by atoms with van der Waals surface area (Å²) in [5.74, 6) is -11.1. The van der Waals surface area contributed by atoms with Gasteiger partial charge in [0.1, 0.15) is 66.0 Å². The van der Waals surface area contributed by atoms with Gasteiger partial charge < -0.3 is 75.5 Å². The van der Waals surface area contributed by atoms with E-state index in [0.29, 0.717) is 0 Å². The molecule has 1 aliphatic heterocycles. The number of hydrogen-bond donors (Lipinski definition) is 6. The van der Waals surface area contributed by atoms with Crippen molar-refractivity contribution in [3.63, 3.8) is 0 Å². The van der Waals surface area contributed by atoms with Crippen LogP contribution >= 0.6 is 0 Å². The van der Waals surface area contributed by atoms with Gasteiger partial charge in [-0.15, -0.1) is 0 Å². The van der Waals surface area contributed by atoms with E-state index in [1.54, 1.807) is 81.4 Å². The fourth-order valence-corrected chi connectivity index (χ4v) is 11.5. The Hall–Kier alpha value is -6.90. The number of amides is 12. The molecule has 1 fully saturated rings. The lowest BCUT2D eigenvalue weighted by atomic mass is 9.91. The number of aliphatic hydroxyl groups excluding tert-OH is 1. The van der Waals surface area contributed by atoms with Gasteiger partial charge in [-0.25, -0.2) is 4.79 Å². The SMILES string of the molecule is C/C=C/C[C@@H](C)[C@@H](O)[C@H]1C(=O)N[C@@H](CC)C(=O)N(C)[C@H](OCCNC(=O)OC(C)(C)C)C(=O)N(C)[C@@H](CC(C)C)C(=O)N[C@@H](C(C)C)C(=O)N(C)[C@@H](CC(C)C)C(=O)N[C@@H](C)C(=O)N[C@H](C)C(=O)N(C)[C@@H](CC(C)C)C(=O)N(C)[C@@H](CC(C)C)C(=O)N(C)[C@@H](C(C)C)C(=O)N1C. The largest absolute Gasteiger partial charge is 0.444 e. The van der Waals surface area contributed by atoms with Gasteiger partial charge in [0.2, 0.25) is 65.3 Å². The number of carbonyl (C=O) groups is 12. The van der Waals surface area contributed by atoms with Gasteiger partial charge in [0.15, 0.2) is 0 Å². The highest BCUT2D eigenvalue weighted by Crippen LogP contribution is 2.26. The van der Waals surface area contributed by atoms with Gasteiger partial charge in [-0.3, -0.25) is 52.7 Å². The van der Waals surface area contributed by atoms with Gasteiger partial charge in [-0.2, -0.15) is 0 Å². The topological polar surface area (TPSA) is 326 Å². The molecule has 0 aromatic rings. The fraction of sp³-hybridized carbons (Fsp3) is 0.797. The minimum Gasteiger partial charge on any atom is -0.444 e. The number of hydrogen-bond acceptors (Lipinski definition) is 15. The number of aliphatic hydroxyl groups is 1. The van der Waals surface area contributed by atoms with Crippen LogP contribution in [0.15, 0.2) is 12.2 Å². The van der Waals surface area contributed by atoms with E-state index in [1.807, 2.05) is 55.4 Å². The Labute approximate surface area is 573 Å². The Bertz CT molecular complexity index is 2660. The van der Waals surface area contributed by atoms with Crippen molar-refractivity contribution >= 4 is 71.1 Å². The molecule has 6 N–H and O–H groups in total. The summed E-state index contributed by atoms with van der Waals surface area (Å²) in [5, 5.41) is 25.8. The molecule has 0 spiro atoms. The smallest absolute Gasteiger partial charge is 0.407 e. The van der Waals surface area contributed by atoms with Gasteiger partial charge in [0.25, 0.3) is 5.91 Å². The highest BCUT2D eigenvalue weighted by molar-refractivity contribution is 6.00. The van der Waals surface area contributed by atoms with Gasteiger partial charge in [-0.05, 0) is 121 Å². The van der Waals surface area contributed by atoms with Crippen molar-refractivity contribution in [1.82, 2.24) is 60.9 Å². The third-order valence-electron chi connectivity index (χ3n) is 17.2. The first-order valence-corrected chi connectivity index (χ1v) is 34.2. The molecule has 12 amide bonds. The zero-order valence-electron chi connectivity index (χ0n) is 63.1. The number of allylic oxidation sites excluding steroid dienone is 2. The molecule has 0 aromatic heterocycles. The molecule has 0 saturated carbocycles. The van der Waals surface area contributed by atoms with E-state index < -0.39 is 174 Å². The molecule has 550 valence electrons. The van der Waals surface area contributed by atoms with E-state index >= 15 is 28.8 Å². The summed E-state index contributed by atoms with van der Waals surface area (Å²) in [7, 11) is 9.60. The Balaban J connectivity index is 4.56. The molecule has 1 rings (SSSR count). The van der Waals surface area contributed by atoms with Crippen LogP contribution in [0.3, 0.4) is 0 Å². The van der Waals surface area contributed by atoms with Gasteiger partial charge in [0, 0.05) is 55.9 Å². The minimum atomic E-state index is -1.85. The number of ether oxygens (including phenoxy) is 2. The third kappa shape index (κ3) is 25.5. The molecule has 0 bridgehead atoms. The zero-order chi connectivity index (χ0) is 74.5. The first-order chi connectivity index (χ1) is 44.2. The number of nitrogens with one attached hydrogen (secondary N) is 5. The van der Waals surface area contributed by atoms with Crippen molar-refractivity contribution in [2.45, 2.75) is 255 Å². The van der Waals surface area contributed by atoms with Crippen molar-refractivity contribution < 1.29 is 72.1 Å². The maximum Gasteiger partial charge on any atom is 0.407 e. The number of likely N-dealkylation sites (N-methyl/N-ethyl adjacent to an activating group) is 7. The third-order valence-corrected chi connectivity index (χ3v) is 17.2. The zero-order valence-corrected chi connectivity index (χ0v) is 63.1. The lowest BCUT2D eigenvalue weighted by Gasteiger charge is -2.41. The molecule has 1 saturated heterocycles. The summed E-state index contributed by atoms with van der Waals surface area (Å²) in [6.07, 6.45) is -0.162. The molecule has 13 atom stereocenters. The van der Waals surface area contributed by atoms with Crippen LogP contribution in [0.2, 0.25) is 0 Å². The highest BCUT2D eigenvalue weighted by atomic mass is 16.6. The van der Waals surface area contributed by atoms with Crippen LogP contribution < -0.4 is 26.6 Å². The van der Waals surface area contributed by atoms with Crippen molar-refractivity contribution in [2.24, 2.45) is 41.4 Å². The molecule has 1 aliphatic rings. The highest BCUT2D eigenvalue weighted by Gasteiger charge is 2.47. The summed E-state index contributed by atoms with van der Waals surface area (Å²) in [6.45, 7) is 33.8. The fourth-order valence-electron chi connectivity index (χ4n) is 11.5. The molecular weight excluding hydrogens is 1240 g/mol. The Morgan fingerprint density at radius 1 is 0.510 bits per heavy atom. The van der Waals surface area contributed by atoms with E-state index in [0.717, 1.165) is 14.7 Å². The molecule has 96 heavy (non-hydrogen) atoms. The Kier molecular flexibility index (Phi) is 35.8. The molecule has 0 aromatic carbocycles. The molecule has 0 aliphatic carbocycles. The van der Waals surface area contributed by atoms with Crippen LogP contribution in [-0.4, -0.2) is 251 Å². The first-order valence-electron chi connectivity index (χ1n) is 34.2. The lowest BCUT2D eigenvalue weighted by molar-refractivity contribution is -0.168. The van der Waals surface area contributed by atoms with E-state index in [4.69, 9.17) is 9.47 Å². The summed E-state index contributed by atoms with van der Waals surface area (Å²) < 4.78 is 11.6. The summed E-state index contributed by atoms with van der Waals surface area (Å²) in [6, 6.07) is -13.2. The monoisotopic (exact) mass is 1360 g/mol. The second kappa shape index (κ2) is 39.5. The standard InChI is InChI=1S/C69H124N12O15/c1-28-30-31-44(15)55(82)54-59(86)73-47(29-2)61(88)81(27)67(95-33-32-70-68(94)96-69(18,19)20)66(93)76(22)49(35-39(5)6)58(85)74-52(42(11)12)64(91)75(21)48(34-38(3)4)57(84)71-45(16)56(83)72-46(17)60(87)77(23)50(36-40(7)8)62(89)78(24)51(37-41(9)10)63(90)79(25)53(43(13)14)65(92)80(54)26/h28,30,38-55,67,82H,29,31-37H2,1-27H3,(H,70,94)(H,71,84)(H,72,83)(H,73,86)(H,74,85)/b30-28+/t44-,45+,46-,47+,48+,49+,50+,51+,52+,53+,54+,55-,67-/m1/s1. The van der Waals surface area contributed by atoms with Crippen molar-refractivity contribution in [1.29, 1.82) is 0 Å². The normalized spacial score (nSPS) is 26.0. The van der Waals surface area contributed by atoms with Crippen molar-refractivity contribution in [2.75, 3.05) is 62.5 Å². The van der Waals surface area contributed by atoms with E-state index in [-0.39, 0.29) is 68.7 Å². The molecule has 0 radical (unpaired) electrons. The van der Waals surface area contributed by atoms with Crippen LogP contribution in [0, 0.1) is 41.4 Å². The second-order valence-electron chi connectivity index (χ2n) is 29.4. The summed E-state index contributed by atoms with van der Waals surface area (Å²) in [5.41, 5.74) is -0.867. The predicted molar refractivity (Wildman–Crippen MR) is 368 cm³/mol. The molecule has 0 unspecified atom stereocenters. The average Bonchev–Trinajstić information content (AvgIpc) is 0.820. The average molecular weight is 1360 g/mol. The predicted octanol–water partition coefficient (Wildman–Crippen LogP) is 4.14. The van der Waals surface area contributed by atoms with Crippen LogP contribution in [0.5, 0.6) is 0 Å². The minimum absolute atomic E-state index is 0.0240. The Morgan fingerprint density at radius 2 is 0.938 bits per heavy atom. The molecule has 27 heteroatoms. The quantitative estimate of drug-likeness (QED) is 0.0782. The van der Waals surface area contributed by atoms with E-state index in [9.17, 15) is 33.9 Å². The van der Waals surface area contributed by atoms with Crippen molar-refractivity contribution in [3.05, 3.63) is 12.2 Å². The van der Waals surface area contributed by atoms with E-state index in [2.05, 4.69) is 26.6 Å². The molecule has 27 nitrogen and oxygen atoms in total. The number of rotatable bonds is 19. The van der Waals surface area contributed by atoms with Crippen molar-refractivity contribution in [3.8, 4) is 0 Å². The summed E-state index contributed by atoms with van der Waals surface area (Å²) >= 11 is 0.